The van der Waals surface area contributed by atoms with Crippen molar-refractivity contribution in [2.24, 2.45) is 0 Å². The van der Waals surface area contributed by atoms with Gasteiger partial charge in [0.25, 0.3) is 0 Å². The van der Waals surface area contributed by atoms with Gasteiger partial charge in [-0.25, -0.2) is 0 Å². The summed E-state index contributed by atoms with van der Waals surface area (Å²) < 4.78 is 6.08. The zero-order valence-corrected chi connectivity index (χ0v) is 14.1. The van der Waals surface area contributed by atoms with Gasteiger partial charge < -0.3 is 15.0 Å². The predicted octanol–water partition coefficient (Wildman–Crippen LogP) is 3.61. The maximum Gasteiger partial charge on any atom is 0.124 e. The van der Waals surface area contributed by atoms with Crippen molar-refractivity contribution in [2.45, 2.75) is 58.2 Å². The van der Waals surface area contributed by atoms with E-state index in [0.29, 0.717) is 12.1 Å². The molecular formula is C18H30N2O. The minimum absolute atomic E-state index is 0.0965. The highest BCUT2D eigenvalue weighted by Gasteiger charge is 2.32. The quantitative estimate of drug-likeness (QED) is 0.810. The Morgan fingerprint density at radius 1 is 1.33 bits per heavy atom. The molecule has 1 aliphatic rings. The van der Waals surface area contributed by atoms with E-state index in [1.54, 1.807) is 0 Å². The Morgan fingerprint density at radius 2 is 2.05 bits per heavy atom. The molecule has 2 rings (SSSR count). The SMILES string of the molecule is CC(C)N(C)CCCNC1CC(C)(C)Oc2ccccc21. The third-order valence-electron chi connectivity index (χ3n) is 4.34. The van der Waals surface area contributed by atoms with Crippen molar-refractivity contribution in [1.82, 2.24) is 10.2 Å². The van der Waals surface area contributed by atoms with Crippen molar-refractivity contribution in [1.29, 1.82) is 0 Å². The van der Waals surface area contributed by atoms with Crippen LogP contribution in [0.25, 0.3) is 0 Å². The van der Waals surface area contributed by atoms with Crippen LogP contribution in [-0.2, 0) is 0 Å². The molecule has 0 aliphatic carbocycles. The Labute approximate surface area is 129 Å². The summed E-state index contributed by atoms with van der Waals surface area (Å²) in [5.74, 6) is 1.03. The summed E-state index contributed by atoms with van der Waals surface area (Å²) in [5, 5.41) is 3.72. The summed E-state index contributed by atoms with van der Waals surface area (Å²) in [7, 11) is 2.19. The van der Waals surface area contributed by atoms with Crippen LogP contribution in [0, 0.1) is 0 Å². The van der Waals surface area contributed by atoms with Gasteiger partial charge in [-0.05, 0) is 60.3 Å². The first kappa shape index (κ1) is 16.3. The van der Waals surface area contributed by atoms with Crippen molar-refractivity contribution < 1.29 is 4.74 Å². The van der Waals surface area contributed by atoms with Crippen LogP contribution in [0.2, 0.25) is 0 Å². The van der Waals surface area contributed by atoms with Gasteiger partial charge in [0.1, 0.15) is 11.4 Å². The summed E-state index contributed by atoms with van der Waals surface area (Å²) in [6.45, 7) is 11.0. The van der Waals surface area contributed by atoms with Gasteiger partial charge >= 0.3 is 0 Å². The van der Waals surface area contributed by atoms with Gasteiger partial charge in [-0.1, -0.05) is 18.2 Å². The lowest BCUT2D eigenvalue weighted by Gasteiger charge is -2.38. The van der Waals surface area contributed by atoms with Crippen molar-refractivity contribution in [3.63, 3.8) is 0 Å². The highest BCUT2D eigenvalue weighted by atomic mass is 16.5. The smallest absolute Gasteiger partial charge is 0.124 e. The molecule has 1 N–H and O–H groups in total. The van der Waals surface area contributed by atoms with Gasteiger partial charge in [-0.3, -0.25) is 0 Å². The number of hydrogen-bond acceptors (Lipinski definition) is 3. The summed E-state index contributed by atoms with van der Waals surface area (Å²) in [4.78, 5) is 2.39. The molecule has 1 aromatic rings. The second-order valence-corrected chi connectivity index (χ2v) is 7.04. The molecule has 21 heavy (non-hydrogen) atoms. The lowest BCUT2D eigenvalue weighted by atomic mass is 9.89. The molecule has 118 valence electrons. The number of nitrogens with one attached hydrogen (secondary N) is 1. The van der Waals surface area contributed by atoms with Crippen LogP contribution >= 0.6 is 0 Å². The summed E-state index contributed by atoms with van der Waals surface area (Å²) >= 11 is 0. The van der Waals surface area contributed by atoms with Crippen molar-refractivity contribution in [3.05, 3.63) is 29.8 Å². The van der Waals surface area contributed by atoms with Gasteiger partial charge in [0, 0.05) is 24.1 Å². The molecule has 0 fully saturated rings. The van der Waals surface area contributed by atoms with E-state index < -0.39 is 0 Å². The van der Waals surface area contributed by atoms with Crippen LogP contribution < -0.4 is 10.1 Å². The number of rotatable bonds is 6. The maximum atomic E-state index is 6.08. The first-order valence-corrected chi connectivity index (χ1v) is 8.10. The average molecular weight is 290 g/mol. The summed E-state index contributed by atoms with van der Waals surface area (Å²) in [5.41, 5.74) is 1.20. The topological polar surface area (TPSA) is 24.5 Å². The van der Waals surface area contributed by atoms with Crippen LogP contribution in [0.15, 0.2) is 24.3 Å². The largest absolute Gasteiger partial charge is 0.487 e. The molecule has 0 saturated heterocycles. The highest BCUT2D eigenvalue weighted by Crippen LogP contribution is 2.39. The Bertz CT molecular complexity index is 456. The molecule has 0 aromatic heterocycles. The van der Waals surface area contributed by atoms with E-state index in [1.807, 2.05) is 0 Å². The van der Waals surface area contributed by atoms with Crippen LogP contribution in [0.4, 0.5) is 0 Å². The summed E-state index contributed by atoms with van der Waals surface area (Å²) in [6.07, 6.45) is 2.19. The molecule has 1 heterocycles. The third kappa shape index (κ3) is 4.45. The first-order chi connectivity index (χ1) is 9.89. The standard InChI is InChI=1S/C18H30N2O/c1-14(2)20(5)12-8-11-19-16-13-18(3,4)21-17-10-7-6-9-15(16)17/h6-7,9-10,14,16,19H,8,11-13H2,1-5H3. The molecule has 1 unspecified atom stereocenters. The van der Waals surface area contributed by atoms with Crippen molar-refractivity contribution >= 4 is 0 Å². The van der Waals surface area contributed by atoms with Crippen LogP contribution in [-0.4, -0.2) is 36.7 Å². The zero-order chi connectivity index (χ0) is 15.5. The highest BCUT2D eigenvalue weighted by molar-refractivity contribution is 5.38. The van der Waals surface area contributed by atoms with E-state index in [1.165, 1.54) is 12.0 Å². The second kappa shape index (κ2) is 6.80. The lowest BCUT2D eigenvalue weighted by Crippen LogP contribution is -2.40. The van der Waals surface area contributed by atoms with Crippen LogP contribution in [0.3, 0.4) is 0 Å². The fraction of sp³-hybridized carbons (Fsp3) is 0.667. The van der Waals surface area contributed by atoms with Gasteiger partial charge in [-0.2, -0.15) is 0 Å². The normalized spacial score (nSPS) is 20.4. The maximum absolute atomic E-state index is 6.08. The monoisotopic (exact) mass is 290 g/mol. The molecule has 1 aliphatic heterocycles. The van der Waals surface area contributed by atoms with Crippen LogP contribution in [0.1, 0.15) is 52.1 Å². The van der Waals surface area contributed by atoms with Gasteiger partial charge in [0.15, 0.2) is 0 Å². The zero-order valence-electron chi connectivity index (χ0n) is 14.1. The van der Waals surface area contributed by atoms with Crippen molar-refractivity contribution in [3.8, 4) is 5.75 Å². The van der Waals surface area contributed by atoms with Gasteiger partial charge in [0.05, 0.1) is 0 Å². The molecule has 0 amide bonds. The Morgan fingerprint density at radius 3 is 2.76 bits per heavy atom. The minimum atomic E-state index is -0.0965. The molecule has 1 atom stereocenters. The molecule has 1 aromatic carbocycles. The van der Waals surface area contributed by atoms with Crippen LogP contribution in [0.5, 0.6) is 5.75 Å². The number of fused-ring (bicyclic) bond motifs is 1. The fourth-order valence-corrected chi connectivity index (χ4v) is 2.85. The number of nitrogens with zero attached hydrogens (tertiary/aromatic N) is 1. The van der Waals surface area contributed by atoms with E-state index in [9.17, 15) is 0 Å². The number of hydrogen-bond donors (Lipinski definition) is 1. The van der Waals surface area contributed by atoms with E-state index in [2.05, 4.69) is 69.2 Å². The average Bonchev–Trinajstić information content (AvgIpc) is 2.41. The Hall–Kier alpha value is -1.06. The third-order valence-corrected chi connectivity index (χ3v) is 4.34. The number of benzene rings is 1. The molecule has 3 heteroatoms. The van der Waals surface area contributed by atoms with Gasteiger partial charge in [0.2, 0.25) is 0 Å². The van der Waals surface area contributed by atoms with E-state index in [-0.39, 0.29) is 5.60 Å². The molecule has 3 nitrogen and oxygen atoms in total. The van der Waals surface area contributed by atoms with E-state index in [4.69, 9.17) is 4.74 Å². The lowest BCUT2D eigenvalue weighted by molar-refractivity contribution is 0.0659. The van der Waals surface area contributed by atoms with E-state index >= 15 is 0 Å². The predicted molar refractivity (Wildman–Crippen MR) is 88.9 cm³/mol. The molecule has 0 spiro atoms. The second-order valence-electron chi connectivity index (χ2n) is 7.04. The number of ether oxygens (including phenoxy) is 1. The molecule has 0 saturated carbocycles. The molecule has 0 bridgehead atoms. The fourth-order valence-electron chi connectivity index (χ4n) is 2.85. The Kier molecular flexibility index (Phi) is 5.28. The number of para-hydroxylation sites is 1. The first-order valence-electron chi connectivity index (χ1n) is 8.10. The molecular weight excluding hydrogens is 260 g/mol. The van der Waals surface area contributed by atoms with Crippen molar-refractivity contribution in [2.75, 3.05) is 20.1 Å². The van der Waals surface area contributed by atoms with E-state index in [0.717, 1.165) is 25.3 Å². The Balaban J connectivity index is 1.91. The molecule has 0 radical (unpaired) electrons. The minimum Gasteiger partial charge on any atom is -0.487 e. The van der Waals surface area contributed by atoms with Gasteiger partial charge in [-0.15, -0.1) is 0 Å². The summed E-state index contributed by atoms with van der Waals surface area (Å²) in [6, 6.07) is 9.43.